The Bertz CT molecular complexity index is 778. The highest BCUT2D eigenvalue weighted by atomic mass is 35.5. The van der Waals surface area contributed by atoms with E-state index in [0.29, 0.717) is 28.7 Å². The lowest BCUT2D eigenvalue weighted by Crippen LogP contribution is -2.22. The molecule has 1 amide bonds. The van der Waals surface area contributed by atoms with E-state index >= 15 is 0 Å². The highest BCUT2D eigenvalue weighted by Crippen LogP contribution is 2.21. The van der Waals surface area contributed by atoms with Crippen molar-refractivity contribution in [2.45, 2.75) is 20.0 Å². The second-order valence-corrected chi connectivity index (χ2v) is 4.93. The van der Waals surface area contributed by atoms with Gasteiger partial charge < -0.3 is 14.3 Å². The van der Waals surface area contributed by atoms with Crippen molar-refractivity contribution in [1.82, 2.24) is 14.9 Å². The van der Waals surface area contributed by atoms with Gasteiger partial charge in [-0.3, -0.25) is 4.79 Å². The minimum atomic E-state index is -0.171. The smallest absolute Gasteiger partial charge is 0.251 e. The maximum Gasteiger partial charge on any atom is 0.251 e. The summed E-state index contributed by atoms with van der Waals surface area (Å²) in [6.45, 7) is 3.09. The summed E-state index contributed by atoms with van der Waals surface area (Å²) >= 11 is 6.07. The number of halogens is 1. The molecule has 0 bridgehead atoms. The maximum absolute atomic E-state index is 12.1. The molecule has 0 aliphatic heterocycles. The third-order valence-corrected chi connectivity index (χ3v) is 3.57. The van der Waals surface area contributed by atoms with E-state index in [-0.39, 0.29) is 5.91 Å². The first-order valence-electron chi connectivity index (χ1n) is 6.65. The lowest BCUT2D eigenvalue weighted by atomic mass is 10.2. The van der Waals surface area contributed by atoms with Crippen LogP contribution in [0.2, 0.25) is 5.28 Å². The first kappa shape index (κ1) is 13.7. The highest BCUT2D eigenvalue weighted by molar-refractivity contribution is 6.29. The van der Waals surface area contributed by atoms with Crippen LogP contribution in [0.15, 0.2) is 41.0 Å². The average molecular weight is 304 g/mol. The zero-order chi connectivity index (χ0) is 14.8. The van der Waals surface area contributed by atoms with Crippen molar-refractivity contribution in [1.29, 1.82) is 0 Å². The first-order chi connectivity index (χ1) is 10.2. The number of amides is 1. The van der Waals surface area contributed by atoms with E-state index in [1.807, 2.05) is 23.6 Å². The molecule has 3 aromatic rings. The van der Waals surface area contributed by atoms with Gasteiger partial charge in [0.1, 0.15) is 5.76 Å². The predicted molar refractivity (Wildman–Crippen MR) is 80.3 cm³/mol. The number of aryl methyl sites for hydroxylation is 1. The van der Waals surface area contributed by atoms with Gasteiger partial charge in [-0.05, 0) is 48.9 Å². The Kier molecular flexibility index (Phi) is 3.66. The molecule has 3 rings (SSSR count). The number of nitrogens with one attached hydrogen (secondary N) is 1. The molecule has 21 heavy (non-hydrogen) atoms. The Labute approximate surface area is 126 Å². The lowest BCUT2D eigenvalue weighted by Gasteiger charge is -2.04. The molecule has 0 aliphatic rings. The van der Waals surface area contributed by atoms with E-state index in [0.717, 1.165) is 12.1 Å². The van der Waals surface area contributed by atoms with E-state index in [1.165, 1.54) is 0 Å². The normalized spacial score (nSPS) is 11.0. The summed E-state index contributed by atoms with van der Waals surface area (Å²) in [5.41, 5.74) is 2.18. The van der Waals surface area contributed by atoms with Gasteiger partial charge in [-0.15, -0.1) is 0 Å². The molecule has 2 heterocycles. The van der Waals surface area contributed by atoms with Crippen LogP contribution in [0.5, 0.6) is 0 Å². The number of imidazole rings is 1. The molecular weight excluding hydrogens is 290 g/mol. The Morgan fingerprint density at radius 3 is 3.00 bits per heavy atom. The molecule has 0 spiro atoms. The Morgan fingerprint density at radius 2 is 2.29 bits per heavy atom. The van der Waals surface area contributed by atoms with Crippen LogP contribution in [-0.4, -0.2) is 15.5 Å². The van der Waals surface area contributed by atoms with Crippen molar-refractivity contribution in [3.63, 3.8) is 0 Å². The van der Waals surface area contributed by atoms with Crippen molar-refractivity contribution >= 4 is 28.5 Å². The maximum atomic E-state index is 12.1. The molecule has 5 nitrogen and oxygen atoms in total. The molecule has 0 saturated heterocycles. The second kappa shape index (κ2) is 5.61. The first-order valence-corrected chi connectivity index (χ1v) is 7.03. The number of rotatable bonds is 4. The van der Waals surface area contributed by atoms with Gasteiger partial charge in [0, 0.05) is 12.1 Å². The molecule has 6 heteroatoms. The summed E-state index contributed by atoms with van der Waals surface area (Å²) in [5, 5.41) is 3.23. The Balaban J connectivity index is 1.82. The number of furan rings is 1. The fourth-order valence-corrected chi connectivity index (χ4v) is 2.53. The molecule has 0 atom stereocenters. The van der Waals surface area contributed by atoms with Gasteiger partial charge >= 0.3 is 0 Å². The SMILES string of the molecule is CCn1c(Cl)nc2cc(C(=O)NCc3ccco3)ccc21. The molecule has 0 aliphatic carbocycles. The van der Waals surface area contributed by atoms with Gasteiger partial charge in [-0.25, -0.2) is 4.98 Å². The zero-order valence-electron chi connectivity index (χ0n) is 11.5. The topological polar surface area (TPSA) is 60.1 Å². The van der Waals surface area contributed by atoms with E-state index < -0.39 is 0 Å². The highest BCUT2D eigenvalue weighted by Gasteiger charge is 2.11. The number of fused-ring (bicyclic) bond motifs is 1. The molecule has 108 valence electrons. The van der Waals surface area contributed by atoms with Gasteiger partial charge in [-0.2, -0.15) is 0 Å². The summed E-state index contributed by atoms with van der Waals surface area (Å²) < 4.78 is 7.07. The Hall–Kier alpha value is -2.27. The molecule has 2 aromatic heterocycles. The zero-order valence-corrected chi connectivity index (χ0v) is 12.2. The summed E-state index contributed by atoms with van der Waals surface area (Å²) in [7, 11) is 0. The number of carbonyl (C=O) groups is 1. The molecular formula is C15H14ClN3O2. The number of benzene rings is 1. The van der Waals surface area contributed by atoms with Gasteiger partial charge in [0.05, 0.1) is 23.8 Å². The monoisotopic (exact) mass is 303 g/mol. The number of aromatic nitrogens is 2. The van der Waals surface area contributed by atoms with Gasteiger partial charge in [0.25, 0.3) is 5.91 Å². The quantitative estimate of drug-likeness (QED) is 0.805. The van der Waals surface area contributed by atoms with E-state index in [4.69, 9.17) is 16.0 Å². The number of carbonyl (C=O) groups excluding carboxylic acids is 1. The summed E-state index contributed by atoms with van der Waals surface area (Å²) in [6.07, 6.45) is 1.58. The van der Waals surface area contributed by atoms with Crippen molar-refractivity contribution in [3.05, 3.63) is 53.2 Å². The third kappa shape index (κ3) is 2.64. The largest absolute Gasteiger partial charge is 0.467 e. The van der Waals surface area contributed by atoms with Gasteiger partial charge in [0.15, 0.2) is 0 Å². The fraction of sp³-hybridized carbons (Fsp3) is 0.200. The van der Waals surface area contributed by atoms with Crippen LogP contribution in [-0.2, 0) is 13.1 Å². The van der Waals surface area contributed by atoms with Gasteiger partial charge in [-0.1, -0.05) is 0 Å². The summed E-state index contributed by atoms with van der Waals surface area (Å²) in [6, 6.07) is 8.97. The number of nitrogens with zero attached hydrogens (tertiary/aromatic N) is 2. The number of hydrogen-bond acceptors (Lipinski definition) is 3. The summed E-state index contributed by atoms with van der Waals surface area (Å²) in [5.74, 6) is 0.540. The van der Waals surface area contributed by atoms with Crippen molar-refractivity contribution in [3.8, 4) is 0 Å². The Morgan fingerprint density at radius 1 is 1.43 bits per heavy atom. The van der Waals surface area contributed by atoms with E-state index in [9.17, 15) is 4.79 Å². The van der Waals surface area contributed by atoms with Crippen molar-refractivity contribution in [2.24, 2.45) is 0 Å². The van der Waals surface area contributed by atoms with Crippen LogP contribution in [0.3, 0.4) is 0 Å². The fourth-order valence-electron chi connectivity index (χ4n) is 2.23. The van der Waals surface area contributed by atoms with Crippen LogP contribution in [0.4, 0.5) is 0 Å². The molecule has 0 saturated carbocycles. The van der Waals surface area contributed by atoms with Crippen LogP contribution < -0.4 is 5.32 Å². The molecule has 0 fully saturated rings. The molecule has 0 unspecified atom stereocenters. The summed E-state index contributed by atoms with van der Waals surface area (Å²) in [4.78, 5) is 16.4. The molecule has 1 aromatic carbocycles. The van der Waals surface area contributed by atoms with E-state index in [1.54, 1.807) is 24.5 Å². The standard InChI is InChI=1S/C15H14ClN3O2/c1-2-19-13-6-5-10(8-12(13)18-15(19)16)14(20)17-9-11-4-3-7-21-11/h3-8H,2,9H2,1H3,(H,17,20). The molecule has 0 radical (unpaired) electrons. The minimum Gasteiger partial charge on any atom is -0.467 e. The number of hydrogen-bond donors (Lipinski definition) is 1. The lowest BCUT2D eigenvalue weighted by molar-refractivity contribution is 0.0948. The van der Waals surface area contributed by atoms with Crippen LogP contribution >= 0.6 is 11.6 Å². The van der Waals surface area contributed by atoms with Gasteiger partial charge in [0.2, 0.25) is 5.28 Å². The molecule has 1 N–H and O–H groups in total. The predicted octanol–water partition coefficient (Wildman–Crippen LogP) is 3.23. The van der Waals surface area contributed by atoms with Crippen molar-refractivity contribution < 1.29 is 9.21 Å². The van der Waals surface area contributed by atoms with Crippen LogP contribution in [0.25, 0.3) is 11.0 Å². The second-order valence-electron chi connectivity index (χ2n) is 4.59. The third-order valence-electron chi connectivity index (χ3n) is 3.28. The van der Waals surface area contributed by atoms with Crippen LogP contribution in [0.1, 0.15) is 23.0 Å². The van der Waals surface area contributed by atoms with Crippen LogP contribution in [0, 0.1) is 0 Å². The minimum absolute atomic E-state index is 0.171. The van der Waals surface area contributed by atoms with Crippen molar-refractivity contribution in [2.75, 3.05) is 0 Å². The van der Waals surface area contributed by atoms with E-state index in [2.05, 4.69) is 10.3 Å². The average Bonchev–Trinajstić information content (AvgIpc) is 3.10.